The molecule has 0 aliphatic carbocycles. The number of piperazine rings is 1. The van der Waals surface area contributed by atoms with E-state index in [2.05, 4.69) is 9.88 Å². The van der Waals surface area contributed by atoms with Crippen molar-refractivity contribution in [2.45, 2.75) is 6.54 Å². The topological polar surface area (TPSA) is 67.2 Å². The van der Waals surface area contributed by atoms with Crippen molar-refractivity contribution >= 4 is 23.2 Å². The second kappa shape index (κ2) is 8.81. The molecule has 0 unspecified atom stereocenters. The van der Waals surface area contributed by atoms with Gasteiger partial charge >= 0.3 is 0 Å². The molecule has 1 fully saturated rings. The second-order valence-corrected chi connectivity index (χ2v) is 7.50. The number of ether oxygens (including phenoxy) is 1. The molecule has 3 heterocycles. The lowest BCUT2D eigenvalue weighted by Crippen LogP contribution is -2.49. The highest BCUT2D eigenvalue weighted by Gasteiger charge is 2.22. The van der Waals surface area contributed by atoms with Crippen LogP contribution in [0.4, 0.5) is 4.39 Å². The van der Waals surface area contributed by atoms with Crippen LogP contribution >= 0.6 is 11.6 Å². The largest absolute Gasteiger partial charge is 0.484 e. The Kier molecular flexibility index (Phi) is 5.96. The van der Waals surface area contributed by atoms with Gasteiger partial charge in [0.25, 0.3) is 11.5 Å². The number of benzene rings is 1. The summed E-state index contributed by atoms with van der Waals surface area (Å²) in [7, 11) is 0. The van der Waals surface area contributed by atoms with Crippen LogP contribution in [0.3, 0.4) is 0 Å². The maximum absolute atomic E-state index is 12.9. The van der Waals surface area contributed by atoms with E-state index in [1.54, 1.807) is 23.2 Å². The predicted molar refractivity (Wildman–Crippen MR) is 110 cm³/mol. The lowest BCUT2D eigenvalue weighted by atomic mass is 10.2. The number of fused-ring (bicyclic) bond motifs is 1. The summed E-state index contributed by atoms with van der Waals surface area (Å²) in [5.41, 5.74) is 1.06. The van der Waals surface area contributed by atoms with Crippen molar-refractivity contribution in [3.63, 3.8) is 0 Å². The number of carbonyl (C=O) groups is 1. The molecule has 0 atom stereocenters. The van der Waals surface area contributed by atoms with E-state index in [0.29, 0.717) is 54.8 Å². The molecule has 4 rings (SSSR count). The van der Waals surface area contributed by atoms with Gasteiger partial charge in [-0.05, 0) is 36.4 Å². The molecule has 1 aromatic carbocycles. The summed E-state index contributed by atoms with van der Waals surface area (Å²) in [6.07, 6.45) is 1.55. The lowest BCUT2D eigenvalue weighted by molar-refractivity contribution is -0.135. The molecule has 1 amide bonds. The molecule has 30 heavy (non-hydrogen) atoms. The van der Waals surface area contributed by atoms with Gasteiger partial charge in [0.1, 0.15) is 17.2 Å². The summed E-state index contributed by atoms with van der Waals surface area (Å²) >= 11 is 5.94. The summed E-state index contributed by atoms with van der Waals surface area (Å²) in [6, 6.07) is 10.5. The normalized spacial score (nSPS) is 14.8. The quantitative estimate of drug-likeness (QED) is 0.621. The van der Waals surface area contributed by atoms with Gasteiger partial charge in [0, 0.05) is 45.0 Å². The Hall–Kier alpha value is -2.97. The number of nitrogens with zero attached hydrogens (tertiary/aromatic N) is 4. The minimum atomic E-state index is -0.350. The monoisotopic (exact) mass is 430 g/mol. The molecule has 0 spiro atoms. The van der Waals surface area contributed by atoms with E-state index in [1.165, 1.54) is 34.7 Å². The van der Waals surface area contributed by atoms with Crippen LogP contribution < -0.4 is 10.3 Å². The Labute approximate surface area is 177 Å². The average Bonchev–Trinajstić information content (AvgIpc) is 2.74. The highest BCUT2D eigenvalue weighted by atomic mass is 35.5. The fourth-order valence-electron chi connectivity index (χ4n) is 3.36. The van der Waals surface area contributed by atoms with Crippen LogP contribution in [0.1, 0.15) is 5.69 Å². The predicted octanol–water partition coefficient (Wildman–Crippen LogP) is 2.21. The first kappa shape index (κ1) is 20.3. The summed E-state index contributed by atoms with van der Waals surface area (Å²) in [4.78, 5) is 33.1. The third-order valence-electron chi connectivity index (χ3n) is 4.96. The minimum absolute atomic E-state index is 0.0861. The maximum atomic E-state index is 12.9. The van der Waals surface area contributed by atoms with Crippen LogP contribution in [0.2, 0.25) is 5.02 Å². The van der Waals surface area contributed by atoms with E-state index in [0.717, 1.165) is 0 Å². The first-order chi connectivity index (χ1) is 14.5. The second-order valence-electron chi connectivity index (χ2n) is 7.06. The third kappa shape index (κ3) is 4.77. The minimum Gasteiger partial charge on any atom is -0.484 e. The van der Waals surface area contributed by atoms with Crippen LogP contribution in [0, 0.1) is 5.82 Å². The first-order valence-electron chi connectivity index (χ1n) is 9.54. The molecule has 156 valence electrons. The highest BCUT2D eigenvalue weighted by Crippen LogP contribution is 2.13. The smallest absolute Gasteiger partial charge is 0.260 e. The molecule has 2 aromatic heterocycles. The van der Waals surface area contributed by atoms with Gasteiger partial charge in [-0.15, -0.1) is 0 Å². The zero-order valence-electron chi connectivity index (χ0n) is 16.1. The van der Waals surface area contributed by atoms with Gasteiger partial charge in [-0.1, -0.05) is 11.6 Å². The summed E-state index contributed by atoms with van der Waals surface area (Å²) in [5, 5.41) is 0.475. The van der Waals surface area contributed by atoms with E-state index in [1.807, 2.05) is 0 Å². The number of hydrogen-bond acceptors (Lipinski definition) is 5. The first-order valence-corrected chi connectivity index (χ1v) is 9.92. The van der Waals surface area contributed by atoms with Crippen molar-refractivity contribution in [3.05, 3.63) is 75.5 Å². The zero-order chi connectivity index (χ0) is 21.1. The molecule has 1 aliphatic heterocycles. The van der Waals surface area contributed by atoms with Gasteiger partial charge in [0.15, 0.2) is 6.61 Å². The number of pyridine rings is 1. The summed E-state index contributed by atoms with van der Waals surface area (Å²) < 4.78 is 19.8. The lowest BCUT2D eigenvalue weighted by Gasteiger charge is -2.34. The highest BCUT2D eigenvalue weighted by molar-refractivity contribution is 6.30. The van der Waals surface area contributed by atoms with Crippen molar-refractivity contribution in [1.29, 1.82) is 0 Å². The van der Waals surface area contributed by atoms with Gasteiger partial charge < -0.3 is 9.64 Å². The Bertz CT molecular complexity index is 1110. The Balaban J connectivity index is 1.30. The van der Waals surface area contributed by atoms with E-state index in [4.69, 9.17) is 16.3 Å². The van der Waals surface area contributed by atoms with Gasteiger partial charge in [0.05, 0.1) is 10.7 Å². The number of aromatic nitrogens is 2. The maximum Gasteiger partial charge on any atom is 0.260 e. The Morgan fingerprint density at radius 3 is 2.57 bits per heavy atom. The SMILES string of the molecule is O=C(COc1ccc(F)cc1)N1CCN(Cc2cc(=O)n3cc(Cl)ccc3n2)CC1. The molecule has 0 bridgehead atoms. The summed E-state index contributed by atoms with van der Waals surface area (Å²) in [6.45, 7) is 2.91. The fourth-order valence-corrected chi connectivity index (χ4v) is 3.52. The van der Waals surface area contributed by atoms with E-state index in [9.17, 15) is 14.0 Å². The van der Waals surface area contributed by atoms with Crippen molar-refractivity contribution in [2.24, 2.45) is 0 Å². The summed E-state index contributed by atoms with van der Waals surface area (Å²) in [5.74, 6) is -0.00605. The third-order valence-corrected chi connectivity index (χ3v) is 5.19. The standard InChI is InChI=1S/C21H20ClFN4O3/c22-15-1-6-19-24-17(11-20(28)27(19)12-15)13-25-7-9-26(10-8-25)21(29)14-30-18-4-2-16(23)3-5-18/h1-6,11-12H,7-10,13-14H2. The van der Waals surface area contributed by atoms with Crippen molar-refractivity contribution in [3.8, 4) is 5.75 Å². The molecular weight excluding hydrogens is 411 g/mol. The number of carbonyl (C=O) groups excluding carboxylic acids is 1. The number of hydrogen-bond donors (Lipinski definition) is 0. The molecule has 3 aromatic rings. The van der Waals surface area contributed by atoms with Gasteiger partial charge in [-0.2, -0.15) is 0 Å². The van der Waals surface area contributed by atoms with E-state index in [-0.39, 0.29) is 23.9 Å². The number of halogens is 2. The molecule has 1 aliphatic rings. The molecule has 0 N–H and O–H groups in total. The Morgan fingerprint density at radius 2 is 1.83 bits per heavy atom. The molecule has 7 nitrogen and oxygen atoms in total. The molecular formula is C21H20ClFN4O3. The zero-order valence-corrected chi connectivity index (χ0v) is 16.9. The average molecular weight is 431 g/mol. The van der Waals surface area contributed by atoms with Crippen LogP contribution in [0.5, 0.6) is 5.75 Å². The molecule has 1 saturated heterocycles. The number of amides is 1. The number of rotatable bonds is 5. The van der Waals surface area contributed by atoms with E-state index >= 15 is 0 Å². The van der Waals surface area contributed by atoms with Gasteiger partial charge in [-0.25, -0.2) is 9.37 Å². The fraction of sp³-hybridized carbons (Fsp3) is 0.286. The Morgan fingerprint density at radius 1 is 1.10 bits per heavy atom. The molecule has 9 heteroatoms. The molecule has 0 radical (unpaired) electrons. The van der Waals surface area contributed by atoms with E-state index < -0.39 is 0 Å². The van der Waals surface area contributed by atoms with Crippen LogP contribution in [-0.2, 0) is 11.3 Å². The van der Waals surface area contributed by atoms with Gasteiger partial charge in [0.2, 0.25) is 0 Å². The molecule has 0 saturated carbocycles. The van der Waals surface area contributed by atoms with Crippen molar-refractivity contribution < 1.29 is 13.9 Å². The van der Waals surface area contributed by atoms with Crippen LogP contribution in [0.15, 0.2) is 53.5 Å². The van der Waals surface area contributed by atoms with Crippen LogP contribution in [-0.4, -0.2) is 57.9 Å². The van der Waals surface area contributed by atoms with Crippen molar-refractivity contribution in [2.75, 3.05) is 32.8 Å². The van der Waals surface area contributed by atoms with Crippen molar-refractivity contribution in [1.82, 2.24) is 19.2 Å². The van der Waals surface area contributed by atoms with Gasteiger partial charge in [-0.3, -0.25) is 18.9 Å². The van der Waals surface area contributed by atoms with Crippen LogP contribution in [0.25, 0.3) is 5.65 Å².